The molecule has 2 unspecified atom stereocenters. The second-order valence-electron chi connectivity index (χ2n) is 11.4. The zero-order valence-electron chi connectivity index (χ0n) is 18.5. The van der Waals surface area contributed by atoms with E-state index in [9.17, 15) is 14.7 Å². The van der Waals surface area contributed by atoms with Crippen LogP contribution >= 0.6 is 0 Å². The standard InChI is InChI=1S/C24H36O5/c1-13-10-19-17-11-20-23(29-20)12-16(28-15(3)26)6-8-21(23,4)18(17)7-9-22(19,5)24(13,27)14(2)25/h13,16-20,27H,6-12H2,1-5H3/t13-,16+,17-,18+,19+,20?,21-,22+,23?,24+/m1/s1. The van der Waals surface area contributed by atoms with Crippen molar-refractivity contribution in [3.05, 3.63) is 0 Å². The highest BCUT2D eigenvalue weighted by Gasteiger charge is 2.78. The first kappa shape index (κ1) is 20.0. The molecule has 0 bridgehead atoms. The molecule has 0 amide bonds. The van der Waals surface area contributed by atoms with Crippen LogP contribution in [0.4, 0.5) is 0 Å². The Hall–Kier alpha value is -0.940. The summed E-state index contributed by atoms with van der Waals surface area (Å²) in [5.41, 5.74) is -1.57. The molecular weight excluding hydrogens is 368 g/mol. The van der Waals surface area contributed by atoms with Crippen LogP contribution in [-0.2, 0) is 19.1 Å². The number of carbonyl (C=O) groups excluding carboxylic acids is 2. The van der Waals surface area contributed by atoms with Crippen molar-refractivity contribution in [1.29, 1.82) is 0 Å². The fourth-order valence-electron chi connectivity index (χ4n) is 9.07. The van der Waals surface area contributed by atoms with Gasteiger partial charge in [-0.1, -0.05) is 20.8 Å². The number of ether oxygens (including phenoxy) is 2. The number of hydrogen-bond donors (Lipinski definition) is 1. The second-order valence-corrected chi connectivity index (χ2v) is 11.4. The van der Waals surface area contributed by atoms with E-state index in [0.717, 1.165) is 44.9 Å². The molecule has 5 nitrogen and oxygen atoms in total. The van der Waals surface area contributed by atoms with Crippen molar-refractivity contribution in [3.8, 4) is 0 Å². The third-order valence-corrected chi connectivity index (χ3v) is 10.5. The van der Waals surface area contributed by atoms with Gasteiger partial charge in [0.15, 0.2) is 5.78 Å². The molecule has 5 aliphatic rings. The van der Waals surface area contributed by atoms with Crippen molar-refractivity contribution in [2.75, 3.05) is 0 Å². The molecule has 162 valence electrons. The molecule has 5 heteroatoms. The number of ketones is 1. The zero-order valence-corrected chi connectivity index (χ0v) is 18.5. The summed E-state index contributed by atoms with van der Waals surface area (Å²) >= 11 is 0. The van der Waals surface area contributed by atoms with E-state index in [-0.39, 0.29) is 46.3 Å². The number of epoxide rings is 1. The van der Waals surface area contributed by atoms with Crippen molar-refractivity contribution in [2.24, 2.45) is 34.5 Å². The van der Waals surface area contributed by atoms with Gasteiger partial charge in [0.1, 0.15) is 17.3 Å². The number of fused-ring (bicyclic) bond motifs is 4. The van der Waals surface area contributed by atoms with Gasteiger partial charge < -0.3 is 14.6 Å². The predicted octanol–water partition coefficient (Wildman–Crippen LogP) is 3.66. The lowest BCUT2D eigenvalue weighted by Crippen LogP contribution is -2.61. The fourth-order valence-corrected chi connectivity index (χ4v) is 9.07. The molecule has 1 aliphatic heterocycles. The van der Waals surface area contributed by atoms with Crippen molar-refractivity contribution >= 4 is 11.8 Å². The molecule has 1 heterocycles. The van der Waals surface area contributed by atoms with E-state index in [1.54, 1.807) is 6.92 Å². The minimum absolute atomic E-state index is 0.00747. The molecule has 10 atom stereocenters. The largest absolute Gasteiger partial charge is 0.462 e. The molecule has 5 fully saturated rings. The highest BCUT2D eigenvalue weighted by atomic mass is 16.6. The van der Waals surface area contributed by atoms with Gasteiger partial charge in [0.2, 0.25) is 0 Å². The van der Waals surface area contributed by atoms with Crippen LogP contribution in [0, 0.1) is 34.5 Å². The van der Waals surface area contributed by atoms with E-state index >= 15 is 0 Å². The van der Waals surface area contributed by atoms with Gasteiger partial charge in [0.25, 0.3) is 0 Å². The third kappa shape index (κ3) is 2.24. The minimum atomic E-state index is -1.20. The lowest BCUT2D eigenvalue weighted by molar-refractivity contribution is -0.174. The van der Waals surface area contributed by atoms with Crippen LogP contribution in [0.3, 0.4) is 0 Å². The summed E-state index contributed by atoms with van der Waals surface area (Å²) in [7, 11) is 0. The number of Topliss-reactive ketones (excluding diaryl/α,β-unsaturated/α-hetero) is 1. The molecule has 1 N–H and O–H groups in total. The van der Waals surface area contributed by atoms with Crippen LogP contribution in [0.25, 0.3) is 0 Å². The van der Waals surface area contributed by atoms with E-state index in [4.69, 9.17) is 9.47 Å². The first-order chi connectivity index (χ1) is 13.5. The Morgan fingerprint density at radius 1 is 1.03 bits per heavy atom. The number of carbonyl (C=O) groups is 2. The monoisotopic (exact) mass is 404 g/mol. The van der Waals surface area contributed by atoms with Crippen molar-refractivity contribution in [2.45, 2.75) is 103 Å². The zero-order chi connectivity index (χ0) is 21.0. The number of esters is 1. The SMILES string of the molecule is CC(=O)O[C@H]1CC[C@]2(C)[C@H]3CC[C@@]4(C)[C@@H](C[C@@H](C)[C@]4(O)C(C)=O)[C@@H]3CC3OC32C1. The second kappa shape index (κ2) is 5.85. The first-order valence-electron chi connectivity index (χ1n) is 11.6. The van der Waals surface area contributed by atoms with Gasteiger partial charge in [0.05, 0.1) is 6.10 Å². The van der Waals surface area contributed by atoms with Crippen LogP contribution in [0.15, 0.2) is 0 Å². The summed E-state index contributed by atoms with van der Waals surface area (Å²) in [6.45, 7) is 9.71. The molecule has 29 heavy (non-hydrogen) atoms. The Morgan fingerprint density at radius 3 is 2.38 bits per heavy atom. The predicted molar refractivity (Wildman–Crippen MR) is 107 cm³/mol. The maximum absolute atomic E-state index is 12.6. The molecule has 0 aromatic rings. The summed E-state index contributed by atoms with van der Waals surface area (Å²) in [5, 5.41) is 11.5. The molecular formula is C24H36O5. The first-order valence-corrected chi connectivity index (χ1v) is 11.6. The summed E-state index contributed by atoms with van der Waals surface area (Å²) in [6.07, 6.45) is 6.88. The Morgan fingerprint density at radius 2 is 1.72 bits per heavy atom. The molecule has 0 aromatic heterocycles. The number of aliphatic hydroxyl groups is 1. The van der Waals surface area contributed by atoms with Crippen LogP contribution < -0.4 is 0 Å². The average molecular weight is 405 g/mol. The number of hydrogen-bond acceptors (Lipinski definition) is 5. The summed E-state index contributed by atoms with van der Waals surface area (Å²) in [4.78, 5) is 24.1. The van der Waals surface area contributed by atoms with Gasteiger partial charge in [0, 0.05) is 24.2 Å². The van der Waals surface area contributed by atoms with Crippen LogP contribution in [0.1, 0.15) is 79.6 Å². The van der Waals surface area contributed by atoms with Crippen molar-refractivity contribution in [1.82, 2.24) is 0 Å². The molecule has 1 spiro atoms. The molecule has 4 saturated carbocycles. The quantitative estimate of drug-likeness (QED) is 0.561. The van der Waals surface area contributed by atoms with Crippen LogP contribution in [0.2, 0.25) is 0 Å². The minimum Gasteiger partial charge on any atom is -0.462 e. The van der Waals surface area contributed by atoms with Gasteiger partial charge in [-0.15, -0.1) is 0 Å². The smallest absolute Gasteiger partial charge is 0.302 e. The van der Waals surface area contributed by atoms with Gasteiger partial charge in [-0.05, 0) is 69.1 Å². The fraction of sp³-hybridized carbons (Fsp3) is 0.917. The van der Waals surface area contributed by atoms with Gasteiger partial charge in [-0.25, -0.2) is 0 Å². The normalized spacial score (nSPS) is 57.7. The maximum atomic E-state index is 12.6. The highest BCUT2D eigenvalue weighted by Crippen LogP contribution is 2.75. The third-order valence-electron chi connectivity index (χ3n) is 10.5. The van der Waals surface area contributed by atoms with Crippen LogP contribution in [-0.4, -0.2) is 40.3 Å². The Kier molecular flexibility index (Phi) is 4.03. The lowest BCUT2D eigenvalue weighted by atomic mass is 9.44. The van der Waals surface area contributed by atoms with Crippen molar-refractivity contribution < 1.29 is 24.2 Å². The van der Waals surface area contributed by atoms with E-state index < -0.39 is 5.60 Å². The van der Waals surface area contributed by atoms with Gasteiger partial charge in [-0.2, -0.15) is 0 Å². The van der Waals surface area contributed by atoms with E-state index in [1.165, 1.54) is 6.92 Å². The van der Waals surface area contributed by atoms with Gasteiger partial charge in [-0.3, -0.25) is 9.59 Å². The van der Waals surface area contributed by atoms with E-state index in [1.807, 2.05) is 0 Å². The van der Waals surface area contributed by atoms with Crippen LogP contribution in [0.5, 0.6) is 0 Å². The molecule has 4 aliphatic carbocycles. The van der Waals surface area contributed by atoms with E-state index in [0.29, 0.717) is 17.8 Å². The topological polar surface area (TPSA) is 76.1 Å². The lowest BCUT2D eigenvalue weighted by Gasteiger charge is -2.60. The highest BCUT2D eigenvalue weighted by molar-refractivity contribution is 5.86. The Balaban J connectivity index is 1.46. The molecule has 0 radical (unpaired) electrons. The molecule has 1 saturated heterocycles. The van der Waals surface area contributed by atoms with Gasteiger partial charge >= 0.3 is 5.97 Å². The summed E-state index contributed by atoms with van der Waals surface area (Å²) in [6, 6.07) is 0. The molecule has 5 rings (SSSR count). The maximum Gasteiger partial charge on any atom is 0.302 e. The summed E-state index contributed by atoms with van der Waals surface area (Å²) < 4.78 is 12.0. The van der Waals surface area contributed by atoms with Crippen molar-refractivity contribution in [3.63, 3.8) is 0 Å². The average Bonchev–Trinajstić information content (AvgIpc) is 3.29. The Labute approximate surface area is 173 Å². The summed E-state index contributed by atoms with van der Waals surface area (Å²) in [5.74, 6) is 1.18. The molecule has 0 aromatic carbocycles. The Bertz CT molecular complexity index is 764. The van der Waals surface area contributed by atoms with E-state index in [2.05, 4.69) is 20.8 Å². The number of rotatable bonds is 2.